The molecule has 1 aliphatic rings. The molecule has 0 radical (unpaired) electrons. The topological polar surface area (TPSA) is 69.6 Å². The van der Waals surface area contributed by atoms with Gasteiger partial charge in [0.1, 0.15) is 6.54 Å². The van der Waals surface area contributed by atoms with E-state index in [9.17, 15) is 4.79 Å². The van der Waals surface area contributed by atoms with Gasteiger partial charge in [-0.15, -0.1) is 35.3 Å². The van der Waals surface area contributed by atoms with Gasteiger partial charge in [0.15, 0.2) is 5.96 Å². The van der Waals surface area contributed by atoms with Crippen LogP contribution in [0.5, 0.6) is 0 Å². The van der Waals surface area contributed by atoms with E-state index in [0.29, 0.717) is 11.9 Å². The molecule has 8 heteroatoms. The molecule has 1 aliphatic heterocycles. The van der Waals surface area contributed by atoms with Crippen LogP contribution in [-0.4, -0.2) is 54.5 Å². The van der Waals surface area contributed by atoms with Crippen molar-refractivity contribution < 1.29 is 4.79 Å². The molecular weight excluding hydrogens is 449 g/mol. The predicted molar refractivity (Wildman–Crippen MR) is 115 cm³/mol. The van der Waals surface area contributed by atoms with Gasteiger partial charge in [-0.05, 0) is 19.8 Å². The van der Waals surface area contributed by atoms with Gasteiger partial charge in [-0.25, -0.2) is 9.98 Å². The van der Waals surface area contributed by atoms with Crippen LogP contribution in [0.3, 0.4) is 0 Å². The number of amides is 1. The number of carbonyl (C=O) groups is 1. The normalized spacial score (nSPS) is 14.6. The lowest BCUT2D eigenvalue weighted by Gasteiger charge is -2.15. The zero-order valence-corrected chi connectivity index (χ0v) is 18.5. The van der Waals surface area contributed by atoms with Gasteiger partial charge in [-0.2, -0.15) is 0 Å². The maximum atomic E-state index is 12.1. The molecule has 2 rings (SSSR count). The molecule has 6 nitrogen and oxygen atoms in total. The summed E-state index contributed by atoms with van der Waals surface area (Å²) in [6.07, 6.45) is 3.08. The van der Waals surface area contributed by atoms with Gasteiger partial charge in [-0.3, -0.25) is 4.79 Å². The molecule has 0 aromatic carbocycles. The Balaban J connectivity index is 0.00000312. The number of carbonyl (C=O) groups excluding carboxylic acids is 1. The van der Waals surface area contributed by atoms with Gasteiger partial charge < -0.3 is 15.5 Å². The highest BCUT2D eigenvalue weighted by Crippen LogP contribution is 2.19. The third-order valence-electron chi connectivity index (χ3n) is 3.91. The average molecular weight is 479 g/mol. The maximum Gasteiger partial charge on any atom is 0.244 e. The molecule has 0 atom stereocenters. The summed E-state index contributed by atoms with van der Waals surface area (Å²) >= 11 is 1.72. The zero-order chi connectivity index (χ0) is 17.4. The van der Waals surface area contributed by atoms with Crippen LogP contribution in [-0.2, 0) is 11.2 Å². The van der Waals surface area contributed by atoms with Crippen molar-refractivity contribution in [3.05, 3.63) is 16.1 Å². The van der Waals surface area contributed by atoms with Gasteiger partial charge >= 0.3 is 0 Å². The fourth-order valence-corrected chi connectivity index (χ4v) is 3.44. The minimum Gasteiger partial charge on any atom is -0.357 e. The molecule has 0 aliphatic carbocycles. The third kappa shape index (κ3) is 7.47. The number of guanidine groups is 1. The number of hydrogen-bond donors (Lipinski definition) is 2. The van der Waals surface area contributed by atoms with Crippen molar-refractivity contribution in [2.24, 2.45) is 4.99 Å². The van der Waals surface area contributed by atoms with Gasteiger partial charge in [0.05, 0.1) is 10.7 Å². The fourth-order valence-electron chi connectivity index (χ4n) is 2.57. The first-order valence-electron chi connectivity index (χ1n) is 8.84. The largest absolute Gasteiger partial charge is 0.357 e. The van der Waals surface area contributed by atoms with Crippen LogP contribution in [0.1, 0.15) is 50.2 Å². The van der Waals surface area contributed by atoms with E-state index in [4.69, 9.17) is 0 Å². The SMILES string of the molecule is CCNC(=NCC(=O)N1CCCC1)NCCc1csc(C(C)C)n1.I. The van der Waals surface area contributed by atoms with E-state index in [2.05, 4.69) is 39.8 Å². The van der Waals surface area contributed by atoms with Gasteiger partial charge in [0.2, 0.25) is 5.91 Å². The molecule has 0 saturated carbocycles. The summed E-state index contributed by atoms with van der Waals surface area (Å²) in [4.78, 5) is 23.0. The lowest BCUT2D eigenvalue weighted by atomic mass is 10.2. The minimum absolute atomic E-state index is 0. The van der Waals surface area contributed by atoms with Crippen LogP contribution in [0.4, 0.5) is 0 Å². The summed E-state index contributed by atoms with van der Waals surface area (Å²) in [6.45, 7) is 9.84. The number of hydrogen-bond acceptors (Lipinski definition) is 4. The summed E-state index contributed by atoms with van der Waals surface area (Å²) in [5, 5.41) is 9.78. The average Bonchev–Trinajstić information content (AvgIpc) is 3.23. The summed E-state index contributed by atoms with van der Waals surface area (Å²) in [7, 11) is 0. The zero-order valence-electron chi connectivity index (χ0n) is 15.4. The lowest BCUT2D eigenvalue weighted by molar-refractivity contribution is -0.128. The van der Waals surface area contributed by atoms with Crippen molar-refractivity contribution in [1.82, 2.24) is 20.5 Å². The minimum atomic E-state index is 0. The Bertz CT molecular complexity index is 555. The van der Waals surface area contributed by atoms with Crippen molar-refractivity contribution in [1.29, 1.82) is 0 Å². The van der Waals surface area contributed by atoms with Gasteiger partial charge in [0.25, 0.3) is 0 Å². The maximum absolute atomic E-state index is 12.1. The Hall–Kier alpha value is -0.900. The molecule has 142 valence electrons. The first kappa shape index (κ1) is 22.1. The first-order chi connectivity index (χ1) is 11.6. The summed E-state index contributed by atoms with van der Waals surface area (Å²) in [5.41, 5.74) is 1.11. The van der Waals surface area contributed by atoms with E-state index < -0.39 is 0 Å². The summed E-state index contributed by atoms with van der Waals surface area (Å²) < 4.78 is 0. The Labute approximate surface area is 171 Å². The Kier molecular flexibility index (Phi) is 10.3. The van der Waals surface area contributed by atoms with Crippen LogP contribution in [0.2, 0.25) is 0 Å². The molecule has 2 heterocycles. The van der Waals surface area contributed by atoms with E-state index in [-0.39, 0.29) is 36.4 Å². The highest BCUT2D eigenvalue weighted by Gasteiger charge is 2.17. The number of nitrogens with one attached hydrogen (secondary N) is 2. The number of likely N-dealkylation sites (tertiary alicyclic amines) is 1. The summed E-state index contributed by atoms with van der Waals surface area (Å²) in [6, 6.07) is 0. The Morgan fingerprint density at radius 2 is 2.08 bits per heavy atom. The van der Waals surface area contributed by atoms with Gasteiger partial charge in [0, 0.05) is 43.9 Å². The van der Waals surface area contributed by atoms with Crippen LogP contribution in [0.25, 0.3) is 0 Å². The van der Waals surface area contributed by atoms with E-state index >= 15 is 0 Å². The fraction of sp³-hybridized carbons (Fsp3) is 0.706. The standard InChI is InChI=1S/C17H29N5OS.HI/c1-4-18-17(20-11-15(23)22-9-5-6-10-22)19-8-7-14-12-24-16(21-14)13(2)3;/h12-13H,4-11H2,1-3H3,(H2,18,19,20);1H. The monoisotopic (exact) mass is 479 g/mol. The molecule has 2 N–H and O–H groups in total. The van der Waals surface area contributed by atoms with Crippen molar-refractivity contribution in [2.75, 3.05) is 32.7 Å². The highest BCUT2D eigenvalue weighted by atomic mass is 127. The van der Waals surface area contributed by atoms with Crippen LogP contribution in [0.15, 0.2) is 10.4 Å². The van der Waals surface area contributed by atoms with Crippen molar-refractivity contribution in [3.63, 3.8) is 0 Å². The molecule has 0 bridgehead atoms. The van der Waals surface area contributed by atoms with E-state index in [1.165, 1.54) is 5.01 Å². The Morgan fingerprint density at radius 3 is 2.68 bits per heavy atom. The second-order valence-electron chi connectivity index (χ2n) is 6.29. The number of rotatable bonds is 7. The Morgan fingerprint density at radius 1 is 1.36 bits per heavy atom. The summed E-state index contributed by atoms with van der Waals surface area (Å²) in [5.74, 6) is 1.29. The van der Waals surface area contributed by atoms with E-state index in [0.717, 1.165) is 51.1 Å². The lowest BCUT2D eigenvalue weighted by Crippen LogP contribution is -2.39. The predicted octanol–water partition coefficient (Wildman–Crippen LogP) is 2.60. The van der Waals surface area contributed by atoms with Crippen molar-refractivity contribution >= 4 is 47.2 Å². The molecule has 1 saturated heterocycles. The number of thiazole rings is 1. The number of halogens is 1. The number of aliphatic imine (C=N–C) groups is 1. The third-order valence-corrected chi connectivity index (χ3v) is 5.11. The number of nitrogens with zero attached hydrogens (tertiary/aromatic N) is 3. The number of aromatic nitrogens is 1. The van der Waals surface area contributed by atoms with E-state index in [1.807, 2.05) is 11.8 Å². The molecule has 1 aromatic heterocycles. The van der Waals surface area contributed by atoms with Crippen molar-refractivity contribution in [2.45, 2.75) is 46.0 Å². The molecular formula is C17H30IN5OS. The highest BCUT2D eigenvalue weighted by molar-refractivity contribution is 14.0. The van der Waals surface area contributed by atoms with Crippen LogP contribution < -0.4 is 10.6 Å². The van der Waals surface area contributed by atoms with E-state index in [1.54, 1.807) is 11.3 Å². The first-order valence-corrected chi connectivity index (χ1v) is 9.72. The molecule has 0 unspecified atom stereocenters. The molecule has 1 amide bonds. The van der Waals surface area contributed by atoms with Crippen LogP contribution in [0, 0.1) is 0 Å². The second-order valence-corrected chi connectivity index (χ2v) is 7.18. The van der Waals surface area contributed by atoms with Gasteiger partial charge in [-0.1, -0.05) is 13.8 Å². The molecule has 25 heavy (non-hydrogen) atoms. The smallest absolute Gasteiger partial charge is 0.244 e. The quantitative estimate of drug-likeness (QED) is 0.359. The van der Waals surface area contributed by atoms with Crippen LogP contribution >= 0.6 is 35.3 Å². The van der Waals surface area contributed by atoms with Crippen molar-refractivity contribution in [3.8, 4) is 0 Å². The molecule has 1 fully saturated rings. The second kappa shape index (κ2) is 11.7. The molecule has 0 spiro atoms. The molecule has 1 aromatic rings.